The zero-order valence-corrected chi connectivity index (χ0v) is 16.6. The minimum absolute atomic E-state index is 0.197. The summed E-state index contributed by atoms with van der Waals surface area (Å²) in [4.78, 5) is 36.3. The number of hydrogen-bond acceptors (Lipinski definition) is 5. The second kappa shape index (κ2) is 9.04. The minimum Gasteiger partial charge on any atom is -0.448 e. The summed E-state index contributed by atoms with van der Waals surface area (Å²) in [5, 5.41) is 6.52. The van der Waals surface area contributed by atoms with Gasteiger partial charge in [0.05, 0.1) is 5.69 Å². The first kappa shape index (κ1) is 20.8. The van der Waals surface area contributed by atoms with E-state index in [4.69, 9.17) is 10.5 Å². The van der Waals surface area contributed by atoms with Crippen LogP contribution in [0.2, 0.25) is 0 Å². The van der Waals surface area contributed by atoms with Gasteiger partial charge >= 0.3 is 12.0 Å². The van der Waals surface area contributed by atoms with Gasteiger partial charge in [-0.2, -0.15) is 5.10 Å². The molecule has 3 aromatic rings. The number of carbonyl (C=O) groups is 3. The average molecular weight is 406 g/mol. The van der Waals surface area contributed by atoms with E-state index >= 15 is 0 Å². The fraction of sp³-hybridized carbons (Fsp3) is 0.182. The molecule has 2 aromatic carbocycles. The van der Waals surface area contributed by atoms with Crippen LogP contribution in [0.25, 0.3) is 16.9 Å². The van der Waals surface area contributed by atoms with E-state index in [1.807, 2.05) is 66.0 Å². The summed E-state index contributed by atoms with van der Waals surface area (Å²) in [6, 6.07) is 17.5. The molecular weight excluding hydrogens is 384 g/mol. The number of nitrogens with zero attached hydrogens (tertiary/aromatic N) is 2. The van der Waals surface area contributed by atoms with Crippen molar-refractivity contribution in [2.45, 2.75) is 20.0 Å². The molecule has 154 valence electrons. The fourth-order valence-electron chi connectivity index (χ4n) is 2.91. The van der Waals surface area contributed by atoms with Crippen molar-refractivity contribution in [3.05, 3.63) is 72.4 Å². The topological polar surface area (TPSA) is 116 Å². The summed E-state index contributed by atoms with van der Waals surface area (Å²) in [5.74, 6) is -1.88. The molecule has 30 heavy (non-hydrogen) atoms. The van der Waals surface area contributed by atoms with Crippen molar-refractivity contribution in [1.82, 2.24) is 15.1 Å². The summed E-state index contributed by atoms with van der Waals surface area (Å²) < 4.78 is 7.04. The second-order valence-corrected chi connectivity index (χ2v) is 6.96. The third-order valence-electron chi connectivity index (χ3n) is 4.35. The van der Waals surface area contributed by atoms with Gasteiger partial charge in [-0.05, 0) is 18.1 Å². The van der Waals surface area contributed by atoms with Crippen LogP contribution in [0.15, 0.2) is 66.9 Å². The molecule has 0 bridgehead atoms. The molecule has 8 heteroatoms. The normalized spacial score (nSPS) is 11.7. The smallest absolute Gasteiger partial charge is 0.342 e. The summed E-state index contributed by atoms with van der Waals surface area (Å²) in [5.41, 5.74) is 7.12. The van der Waals surface area contributed by atoms with E-state index in [0.29, 0.717) is 5.69 Å². The lowest BCUT2D eigenvalue weighted by molar-refractivity contribution is -0.130. The van der Waals surface area contributed by atoms with E-state index in [9.17, 15) is 14.4 Å². The highest BCUT2D eigenvalue weighted by Gasteiger charge is 2.30. The van der Waals surface area contributed by atoms with E-state index in [2.05, 4.69) is 5.10 Å². The number of esters is 1. The third-order valence-corrected chi connectivity index (χ3v) is 4.35. The Morgan fingerprint density at radius 2 is 1.60 bits per heavy atom. The maximum absolute atomic E-state index is 13.0. The van der Waals surface area contributed by atoms with E-state index < -0.39 is 24.0 Å². The lowest BCUT2D eigenvalue weighted by atomic mass is 10.1. The SMILES string of the molecule is CC(C)[C@H](OC(=O)c1cn(-c2ccccc2)nc1-c1ccccc1)C(=O)NC(N)=O. The Kier molecular flexibility index (Phi) is 6.26. The van der Waals surface area contributed by atoms with Crippen LogP contribution in [-0.4, -0.2) is 33.8 Å². The molecule has 3 rings (SSSR count). The van der Waals surface area contributed by atoms with Gasteiger partial charge in [-0.1, -0.05) is 62.4 Å². The van der Waals surface area contributed by atoms with E-state index in [1.165, 1.54) is 0 Å². The van der Waals surface area contributed by atoms with Crippen molar-refractivity contribution < 1.29 is 19.1 Å². The number of ether oxygens (including phenoxy) is 1. The van der Waals surface area contributed by atoms with Crippen molar-refractivity contribution in [3.8, 4) is 16.9 Å². The molecule has 0 aliphatic rings. The van der Waals surface area contributed by atoms with Gasteiger partial charge < -0.3 is 10.5 Å². The maximum atomic E-state index is 13.0. The average Bonchev–Trinajstić information content (AvgIpc) is 3.18. The van der Waals surface area contributed by atoms with Crippen molar-refractivity contribution in [2.24, 2.45) is 11.7 Å². The van der Waals surface area contributed by atoms with Crippen LogP contribution in [0.3, 0.4) is 0 Å². The lowest BCUT2D eigenvalue weighted by Gasteiger charge is -2.19. The van der Waals surface area contributed by atoms with Crippen LogP contribution >= 0.6 is 0 Å². The van der Waals surface area contributed by atoms with E-state index in [0.717, 1.165) is 11.3 Å². The molecule has 1 heterocycles. The quantitative estimate of drug-likeness (QED) is 0.611. The molecule has 3 amide bonds. The number of nitrogens with two attached hydrogens (primary N) is 1. The summed E-state index contributed by atoms with van der Waals surface area (Å²) >= 11 is 0. The number of hydrogen-bond donors (Lipinski definition) is 2. The fourth-order valence-corrected chi connectivity index (χ4v) is 2.91. The molecule has 0 aliphatic carbocycles. The lowest BCUT2D eigenvalue weighted by Crippen LogP contribution is -2.45. The van der Waals surface area contributed by atoms with Crippen LogP contribution in [-0.2, 0) is 9.53 Å². The van der Waals surface area contributed by atoms with Crippen LogP contribution in [0.5, 0.6) is 0 Å². The van der Waals surface area contributed by atoms with E-state index in [1.54, 1.807) is 24.7 Å². The molecule has 0 radical (unpaired) electrons. The van der Waals surface area contributed by atoms with Crippen LogP contribution in [0.4, 0.5) is 4.79 Å². The van der Waals surface area contributed by atoms with Gasteiger partial charge in [0.25, 0.3) is 5.91 Å². The van der Waals surface area contributed by atoms with Crippen molar-refractivity contribution in [1.29, 1.82) is 0 Å². The number of urea groups is 1. The molecule has 3 N–H and O–H groups in total. The number of primary amides is 1. The Bertz CT molecular complexity index is 1050. The number of rotatable bonds is 6. The van der Waals surface area contributed by atoms with Crippen molar-refractivity contribution in [2.75, 3.05) is 0 Å². The largest absolute Gasteiger partial charge is 0.448 e. The summed E-state index contributed by atoms with van der Waals surface area (Å²) in [6.45, 7) is 3.40. The number of carbonyl (C=O) groups excluding carboxylic acids is 3. The van der Waals surface area contributed by atoms with Crippen molar-refractivity contribution in [3.63, 3.8) is 0 Å². The maximum Gasteiger partial charge on any atom is 0.342 e. The van der Waals surface area contributed by atoms with Gasteiger partial charge in [-0.25, -0.2) is 14.3 Å². The van der Waals surface area contributed by atoms with Crippen LogP contribution in [0, 0.1) is 5.92 Å². The van der Waals surface area contributed by atoms with E-state index in [-0.39, 0.29) is 11.5 Å². The minimum atomic E-state index is -1.19. The molecule has 0 saturated heterocycles. The van der Waals surface area contributed by atoms with Crippen molar-refractivity contribution >= 4 is 17.9 Å². The molecular formula is C22H22N4O4. The van der Waals surface area contributed by atoms with Gasteiger partial charge in [0.2, 0.25) is 0 Å². The molecule has 0 fully saturated rings. The molecule has 0 saturated carbocycles. The number of benzene rings is 2. The van der Waals surface area contributed by atoms with Gasteiger partial charge in [0.15, 0.2) is 6.10 Å². The zero-order valence-electron chi connectivity index (χ0n) is 16.6. The van der Waals surface area contributed by atoms with Gasteiger partial charge in [-0.15, -0.1) is 0 Å². The molecule has 8 nitrogen and oxygen atoms in total. The van der Waals surface area contributed by atoms with Gasteiger partial charge in [-0.3, -0.25) is 10.1 Å². The highest BCUT2D eigenvalue weighted by molar-refractivity contribution is 6.00. The Balaban J connectivity index is 1.98. The third kappa shape index (κ3) is 4.72. The van der Waals surface area contributed by atoms with Crippen LogP contribution < -0.4 is 11.1 Å². The Morgan fingerprint density at radius 3 is 2.17 bits per heavy atom. The second-order valence-electron chi connectivity index (χ2n) is 6.96. The first-order chi connectivity index (χ1) is 14.4. The molecule has 1 atom stereocenters. The molecule has 0 spiro atoms. The number of aromatic nitrogens is 2. The Hall–Kier alpha value is -3.94. The standard InChI is InChI=1S/C22H22N4O4/c1-14(2)19(20(27)24-22(23)29)30-21(28)17-13-26(16-11-7-4-8-12-16)25-18(17)15-9-5-3-6-10-15/h3-14,19H,1-2H3,(H3,23,24,27,29)/t19-/m0/s1. The summed E-state index contributed by atoms with van der Waals surface area (Å²) in [7, 11) is 0. The first-order valence-electron chi connectivity index (χ1n) is 9.38. The monoisotopic (exact) mass is 406 g/mol. The first-order valence-corrected chi connectivity index (χ1v) is 9.38. The van der Waals surface area contributed by atoms with Crippen LogP contribution in [0.1, 0.15) is 24.2 Å². The predicted octanol–water partition coefficient (Wildman–Crippen LogP) is 2.92. The predicted molar refractivity (Wildman–Crippen MR) is 111 cm³/mol. The number of para-hydroxylation sites is 1. The number of nitrogens with one attached hydrogen (secondary N) is 1. The molecule has 1 aromatic heterocycles. The zero-order chi connectivity index (χ0) is 21.7. The Morgan fingerprint density at radius 1 is 1.00 bits per heavy atom. The van der Waals surface area contributed by atoms with Gasteiger partial charge in [0, 0.05) is 11.8 Å². The highest BCUT2D eigenvalue weighted by atomic mass is 16.5. The Labute approximate surface area is 173 Å². The molecule has 0 unspecified atom stereocenters. The molecule has 0 aliphatic heterocycles. The highest BCUT2D eigenvalue weighted by Crippen LogP contribution is 2.25. The summed E-state index contributed by atoms with van der Waals surface area (Å²) in [6.07, 6.45) is 0.373. The van der Waals surface area contributed by atoms with Gasteiger partial charge in [0.1, 0.15) is 11.3 Å². The number of imide groups is 1. The number of amides is 3.